The molecule has 3 atom stereocenters. The van der Waals surface area contributed by atoms with Crippen molar-refractivity contribution in [1.82, 2.24) is 25.6 Å². The minimum absolute atomic E-state index is 0.00377. The number of nitrogens with zero attached hydrogens (tertiary/aromatic N) is 3. The van der Waals surface area contributed by atoms with Crippen LogP contribution in [0.4, 0.5) is 5.82 Å². The summed E-state index contributed by atoms with van der Waals surface area (Å²) in [5.41, 5.74) is 8.27. The summed E-state index contributed by atoms with van der Waals surface area (Å²) in [5.74, 6) is 1.08. The highest BCUT2D eigenvalue weighted by atomic mass is 16.2. The summed E-state index contributed by atoms with van der Waals surface area (Å²) in [7, 11) is 0. The van der Waals surface area contributed by atoms with Crippen LogP contribution in [0.15, 0.2) is 30.5 Å². The lowest BCUT2D eigenvalue weighted by molar-refractivity contribution is -0.119. The van der Waals surface area contributed by atoms with Crippen LogP contribution in [0.3, 0.4) is 0 Å². The van der Waals surface area contributed by atoms with Crippen molar-refractivity contribution in [2.24, 2.45) is 5.92 Å². The van der Waals surface area contributed by atoms with E-state index in [0.29, 0.717) is 24.3 Å². The molecule has 2 aliphatic rings. The molecular formula is C18H24N6O. The van der Waals surface area contributed by atoms with Crippen LogP contribution in [0.2, 0.25) is 0 Å². The molecule has 7 nitrogen and oxygen atoms in total. The maximum absolute atomic E-state index is 12.8. The fourth-order valence-corrected chi connectivity index (χ4v) is 3.92. The number of anilines is 1. The van der Waals surface area contributed by atoms with E-state index < -0.39 is 0 Å². The van der Waals surface area contributed by atoms with Gasteiger partial charge in [-0.1, -0.05) is 18.9 Å². The first kappa shape index (κ1) is 16.2. The number of aryl methyl sites for hydroxylation is 1. The summed E-state index contributed by atoms with van der Waals surface area (Å²) >= 11 is 0. The number of hydrazine groups is 1. The Morgan fingerprint density at radius 2 is 2.20 bits per heavy atom. The highest BCUT2D eigenvalue weighted by Crippen LogP contribution is 2.30. The Bertz CT molecular complexity index is 743. The first-order chi connectivity index (χ1) is 12.2. The second-order valence-corrected chi connectivity index (χ2v) is 6.96. The van der Waals surface area contributed by atoms with Crippen molar-refractivity contribution in [2.75, 3.05) is 5.32 Å². The van der Waals surface area contributed by atoms with E-state index in [2.05, 4.69) is 26.3 Å². The van der Waals surface area contributed by atoms with Crippen LogP contribution in [-0.4, -0.2) is 32.8 Å². The van der Waals surface area contributed by atoms with E-state index in [1.165, 1.54) is 12.8 Å². The maximum Gasteiger partial charge on any atom is 0.244 e. The van der Waals surface area contributed by atoms with Gasteiger partial charge < -0.3 is 5.32 Å². The lowest BCUT2D eigenvalue weighted by Crippen LogP contribution is -2.42. The average molecular weight is 340 g/mol. The predicted octanol–water partition coefficient (Wildman–Crippen LogP) is 1.61. The topological polar surface area (TPSA) is 83.9 Å². The zero-order valence-corrected chi connectivity index (χ0v) is 14.4. The largest absolute Gasteiger partial charge is 0.309 e. The molecule has 2 aromatic rings. The quantitative estimate of drug-likeness (QED) is 0.787. The van der Waals surface area contributed by atoms with E-state index in [4.69, 9.17) is 0 Å². The summed E-state index contributed by atoms with van der Waals surface area (Å²) in [4.78, 5) is 17.2. The van der Waals surface area contributed by atoms with Crippen molar-refractivity contribution in [2.45, 2.75) is 51.2 Å². The van der Waals surface area contributed by atoms with Gasteiger partial charge >= 0.3 is 0 Å². The van der Waals surface area contributed by atoms with Gasteiger partial charge in [0, 0.05) is 24.2 Å². The minimum Gasteiger partial charge on any atom is -0.309 e. The second kappa shape index (κ2) is 6.93. The number of carbonyl (C=O) groups is 1. The lowest BCUT2D eigenvalue weighted by Gasteiger charge is -2.26. The summed E-state index contributed by atoms with van der Waals surface area (Å²) in [6.45, 7) is 2.46. The Morgan fingerprint density at radius 3 is 3.04 bits per heavy atom. The number of aromatic nitrogens is 3. The first-order valence-corrected chi connectivity index (χ1v) is 8.97. The van der Waals surface area contributed by atoms with Gasteiger partial charge in [0.2, 0.25) is 5.91 Å². The van der Waals surface area contributed by atoms with Gasteiger partial charge in [-0.2, -0.15) is 5.10 Å². The van der Waals surface area contributed by atoms with Crippen LogP contribution in [0.5, 0.6) is 0 Å². The van der Waals surface area contributed by atoms with Crippen LogP contribution < -0.4 is 16.2 Å². The van der Waals surface area contributed by atoms with Crippen LogP contribution in [-0.2, 0) is 11.3 Å². The highest BCUT2D eigenvalue weighted by Gasteiger charge is 2.41. The molecule has 132 valence electrons. The third-order valence-corrected chi connectivity index (χ3v) is 5.15. The van der Waals surface area contributed by atoms with E-state index in [1.807, 2.05) is 31.2 Å². The molecular weight excluding hydrogens is 316 g/mol. The minimum atomic E-state index is -0.191. The molecule has 0 radical (unpaired) electrons. The first-order valence-electron chi connectivity index (χ1n) is 8.97. The Hall–Kier alpha value is -2.25. The van der Waals surface area contributed by atoms with E-state index >= 15 is 0 Å². The van der Waals surface area contributed by atoms with Gasteiger partial charge in [0.15, 0.2) is 0 Å². The number of rotatable bonds is 4. The number of hydrogen-bond donors (Lipinski definition) is 3. The monoisotopic (exact) mass is 340 g/mol. The Morgan fingerprint density at radius 1 is 1.32 bits per heavy atom. The molecule has 1 aliphatic heterocycles. The van der Waals surface area contributed by atoms with E-state index in [0.717, 1.165) is 24.2 Å². The molecule has 3 unspecified atom stereocenters. The SMILES string of the molecule is Cc1cc(NC(=O)C2NNC3CCCCC32)n(Cc2ccccn2)n1. The van der Waals surface area contributed by atoms with Crippen molar-refractivity contribution < 1.29 is 4.79 Å². The molecule has 1 amide bonds. The third kappa shape index (κ3) is 3.43. The zero-order chi connectivity index (χ0) is 17.2. The number of pyridine rings is 1. The van der Waals surface area contributed by atoms with Gasteiger partial charge in [0.05, 0.1) is 17.9 Å². The van der Waals surface area contributed by atoms with Crippen molar-refractivity contribution in [3.8, 4) is 0 Å². The van der Waals surface area contributed by atoms with Crippen LogP contribution >= 0.6 is 0 Å². The molecule has 1 saturated carbocycles. The molecule has 3 heterocycles. The lowest BCUT2D eigenvalue weighted by atomic mass is 9.81. The number of fused-ring (bicyclic) bond motifs is 1. The van der Waals surface area contributed by atoms with Crippen molar-refractivity contribution in [1.29, 1.82) is 0 Å². The zero-order valence-electron chi connectivity index (χ0n) is 14.4. The molecule has 1 saturated heterocycles. The Balaban J connectivity index is 1.48. The molecule has 4 rings (SSSR count). The molecule has 2 aromatic heterocycles. The molecule has 3 N–H and O–H groups in total. The molecule has 0 aromatic carbocycles. The Labute approximate surface area is 147 Å². The summed E-state index contributed by atoms with van der Waals surface area (Å²) < 4.78 is 1.80. The summed E-state index contributed by atoms with van der Waals surface area (Å²) in [6, 6.07) is 7.92. The number of amides is 1. The normalized spacial score (nSPS) is 25.6. The van der Waals surface area contributed by atoms with Crippen LogP contribution in [0.1, 0.15) is 37.1 Å². The summed E-state index contributed by atoms with van der Waals surface area (Å²) in [6.07, 6.45) is 6.43. The van der Waals surface area contributed by atoms with Gasteiger partial charge in [0.1, 0.15) is 11.9 Å². The third-order valence-electron chi connectivity index (χ3n) is 5.15. The van der Waals surface area contributed by atoms with Crippen LogP contribution in [0, 0.1) is 12.8 Å². The molecule has 1 aliphatic carbocycles. The number of hydrogen-bond acceptors (Lipinski definition) is 5. The molecule has 0 spiro atoms. The number of nitrogens with one attached hydrogen (secondary N) is 3. The molecule has 0 bridgehead atoms. The van der Waals surface area contributed by atoms with Crippen molar-refractivity contribution in [3.05, 3.63) is 41.9 Å². The summed E-state index contributed by atoms with van der Waals surface area (Å²) in [5, 5.41) is 7.55. The molecule has 2 fully saturated rings. The van der Waals surface area contributed by atoms with Crippen LogP contribution in [0.25, 0.3) is 0 Å². The maximum atomic E-state index is 12.8. The predicted molar refractivity (Wildman–Crippen MR) is 94.7 cm³/mol. The fourth-order valence-electron chi connectivity index (χ4n) is 3.92. The van der Waals surface area contributed by atoms with Crippen molar-refractivity contribution >= 4 is 11.7 Å². The van der Waals surface area contributed by atoms with Crippen molar-refractivity contribution in [3.63, 3.8) is 0 Å². The highest BCUT2D eigenvalue weighted by molar-refractivity contribution is 5.94. The molecule has 25 heavy (non-hydrogen) atoms. The standard InChI is InChI=1S/C18H24N6O/c1-12-10-16(24(23-12)11-13-6-4-5-9-19-13)20-18(25)17-14-7-2-3-8-15(14)21-22-17/h4-6,9-10,14-15,17,21-22H,2-3,7-8,11H2,1H3,(H,20,25). The van der Waals surface area contributed by atoms with E-state index in [1.54, 1.807) is 10.9 Å². The average Bonchev–Trinajstić information content (AvgIpc) is 3.19. The van der Waals surface area contributed by atoms with E-state index in [-0.39, 0.29) is 11.9 Å². The number of carbonyl (C=O) groups excluding carboxylic acids is 1. The van der Waals surface area contributed by atoms with Gasteiger partial charge in [-0.3, -0.25) is 15.2 Å². The fraction of sp³-hybridized carbons (Fsp3) is 0.500. The van der Waals surface area contributed by atoms with Gasteiger partial charge in [0.25, 0.3) is 0 Å². The van der Waals surface area contributed by atoms with Gasteiger partial charge in [-0.05, 0) is 31.9 Å². The smallest absolute Gasteiger partial charge is 0.244 e. The van der Waals surface area contributed by atoms with E-state index in [9.17, 15) is 4.79 Å². The Kier molecular flexibility index (Phi) is 4.50. The second-order valence-electron chi connectivity index (χ2n) is 6.96. The molecule has 7 heteroatoms. The van der Waals surface area contributed by atoms with Gasteiger partial charge in [-0.25, -0.2) is 10.1 Å². The van der Waals surface area contributed by atoms with Gasteiger partial charge in [-0.15, -0.1) is 0 Å².